The van der Waals surface area contributed by atoms with Gasteiger partial charge >= 0.3 is 0 Å². The molecule has 4 rings (SSSR count). The SMILES string of the molecule is Cc1nc(OCc2ccccc2)cc(Oc2ccc3[nH]ccc3c2)n1. The summed E-state index contributed by atoms with van der Waals surface area (Å²) in [5.41, 5.74) is 2.15. The third-order valence-corrected chi connectivity index (χ3v) is 3.77. The highest BCUT2D eigenvalue weighted by molar-refractivity contribution is 5.80. The molecule has 0 amide bonds. The van der Waals surface area contributed by atoms with Crippen LogP contribution in [0.25, 0.3) is 10.9 Å². The number of nitrogens with zero attached hydrogens (tertiary/aromatic N) is 2. The standard InChI is InChI=1S/C20H17N3O2/c1-14-22-19(24-13-15-5-3-2-4-6-15)12-20(23-14)25-17-7-8-18-16(11-17)9-10-21-18/h2-12,21H,13H2,1H3. The molecular weight excluding hydrogens is 314 g/mol. The molecule has 0 atom stereocenters. The first-order valence-corrected chi connectivity index (χ1v) is 8.04. The highest BCUT2D eigenvalue weighted by atomic mass is 16.5. The van der Waals surface area contributed by atoms with Gasteiger partial charge in [0.15, 0.2) is 0 Å². The lowest BCUT2D eigenvalue weighted by molar-refractivity contribution is 0.290. The van der Waals surface area contributed by atoms with E-state index in [9.17, 15) is 0 Å². The number of benzene rings is 2. The Morgan fingerprint density at radius 3 is 2.64 bits per heavy atom. The van der Waals surface area contributed by atoms with Gasteiger partial charge in [0.1, 0.15) is 18.2 Å². The third-order valence-electron chi connectivity index (χ3n) is 3.77. The van der Waals surface area contributed by atoms with Crippen LogP contribution in [0, 0.1) is 6.92 Å². The number of hydrogen-bond donors (Lipinski definition) is 1. The van der Waals surface area contributed by atoms with Crippen LogP contribution >= 0.6 is 0 Å². The van der Waals surface area contributed by atoms with E-state index in [-0.39, 0.29) is 0 Å². The van der Waals surface area contributed by atoms with E-state index in [1.165, 1.54) is 0 Å². The van der Waals surface area contributed by atoms with Crippen LogP contribution in [0.4, 0.5) is 0 Å². The molecule has 0 fully saturated rings. The van der Waals surface area contributed by atoms with E-state index in [0.29, 0.717) is 24.2 Å². The quantitative estimate of drug-likeness (QED) is 0.579. The molecule has 2 heterocycles. The minimum Gasteiger partial charge on any atom is -0.473 e. The molecule has 124 valence electrons. The number of aryl methyl sites for hydroxylation is 1. The van der Waals surface area contributed by atoms with Crippen LogP contribution in [0.15, 0.2) is 66.9 Å². The van der Waals surface area contributed by atoms with Crippen molar-refractivity contribution >= 4 is 10.9 Å². The van der Waals surface area contributed by atoms with Gasteiger partial charge in [0, 0.05) is 17.1 Å². The molecule has 1 N–H and O–H groups in total. The lowest BCUT2D eigenvalue weighted by Crippen LogP contribution is -2.00. The molecule has 0 aliphatic carbocycles. The summed E-state index contributed by atoms with van der Waals surface area (Å²) in [6, 6.07) is 19.5. The topological polar surface area (TPSA) is 60.0 Å². The zero-order valence-corrected chi connectivity index (χ0v) is 13.8. The molecule has 0 spiro atoms. The lowest BCUT2D eigenvalue weighted by Gasteiger charge is -2.09. The van der Waals surface area contributed by atoms with Crippen molar-refractivity contribution in [2.24, 2.45) is 0 Å². The Morgan fingerprint density at radius 1 is 0.920 bits per heavy atom. The molecule has 5 nitrogen and oxygen atoms in total. The second-order valence-electron chi connectivity index (χ2n) is 5.69. The number of aromatic amines is 1. The maximum absolute atomic E-state index is 5.88. The number of H-pyrrole nitrogens is 1. The molecule has 5 heteroatoms. The van der Waals surface area contributed by atoms with E-state index in [1.54, 1.807) is 6.07 Å². The average molecular weight is 331 g/mol. The van der Waals surface area contributed by atoms with Gasteiger partial charge in [-0.25, -0.2) is 0 Å². The number of aromatic nitrogens is 3. The second kappa shape index (κ2) is 6.65. The van der Waals surface area contributed by atoms with Crippen molar-refractivity contribution in [2.75, 3.05) is 0 Å². The number of nitrogens with one attached hydrogen (secondary N) is 1. The summed E-state index contributed by atoms with van der Waals surface area (Å²) in [5, 5.41) is 1.09. The molecule has 0 bridgehead atoms. The van der Waals surface area contributed by atoms with Crippen molar-refractivity contribution in [1.29, 1.82) is 0 Å². The summed E-state index contributed by atoms with van der Waals surface area (Å²) in [6.45, 7) is 2.27. The fourth-order valence-electron chi connectivity index (χ4n) is 2.59. The highest BCUT2D eigenvalue weighted by Crippen LogP contribution is 2.26. The van der Waals surface area contributed by atoms with E-state index >= 15 is 0 Å². The third kappa shape index (κ3) is 3.61. The van der Waals surface area contributed by atoms with Crippen LogP contribution in [0.5, 0.6) is 17.5 Å². The number of ether oxygens (including phenoxy) is 2. The Kier molecular flexibility index (Phi) is 4.04. The molecule has 25 heavy (non-hydrogen) atoms. The fourth-order valence-corrected chi connectivity index (χ4v) is 2.59. The molecule has 2 aromatic carbocycles. The van der Waals surface area contributed by atoms with Crippen LogP contribution in [0.3, 0.4) is 0 Å². The molecule has 0 aliphatic rings. The Bertz CT molecular complexity index is 996. The van der Waals surface area contributed by atoms with Gasteiger partial charge in [-0.05, 0) is 36.8 Å². The Labute approximate surface area is 145 Å². The van der Waals surface area contributed by atoms with E-state index in [4.69, 9.17) is 9.47 Å². The minimum atomic E-state index is 0.450. The summed E-state index contributed by atoms with van der Waals surface area (Å²) in [5.74, 6) is 2.28. The predicted molar refractivity (Wildman–Crippen MR) is 95.9 cm³/mol. The summed E-state index contributed by atoms with van der Waals surface area (Å²) in [6.07, 6.45) is 1.90. The van der Waals surface area contributed by atoms with Gasteiger partial charge in [0.2, 0.25) is 11.8 Å². The first-order chi connectivity index (χ1) is 12.3. The molecule has 0 aliphatic heterocycles. The smallest absolute Gasteiger partial charge is 0.226 e. The van der Waals surface area contributed by atoms with Crippen molar-refractivity contribution in [3.05, 3.63) is 78.2 Å². The molecule has 4 aromatic rings. The Balaban J connectivity index is 1.52. The summed E-state index contributed by atoms with van der Waals surface area (Å²) >= 11 is 0. The summed E-state index contributed by atoms with van der Waals surface area (Å²) < 4.78 is 11.7. The van der Waals surface area contributed by atoms with Gasteiger partial charge in [-0.1, -0.05) is 30.3 Å². The van der Waals surface area contributed by atoms with Crippen molar-refractivity contribution < 1.29 is 9.47 Å². The van der Waals surface area contributed by atoms with Crippen LogP contribution in [0.1, 0.15) is 11.4 Å². The lowest BCUT2D eigenvalue weighted by atomic mass is 10.2. The zero-order chi connectivity index (χ0) is 17.1. The average Bonchev–Trinajstić information content (AvgIpc) is 3.08. The van der Waals surface area contributed by atoms with Crippen LogP contribution in [0.2, 0.25) is 0 Å². The minimum absolute atomic E-state index is 0.450. The van der Waals surface area contributed by atoms with E-state index < -0.39 is 0 Å². The van der Waals surface area contributed by atoms with Crippen molar-refractivity contribution in [3.63, 3.8) is 0 Å². The predicted octanol–water partition coefficient (Wildman–Crippen LogP) is 4.64. The first kappa shape index (κ1) is 15.2. The van der Waals surface area contributed by atoms with Crippen LogP contribution < -0.4 is 9.47 Å². The van der Waals surface area contributed by atoms with E-state index in [0.717, 1.165) is 22.2 Å². The van der Waals surface area contributed by atoms with Crippen LogP contribution in [-0.4, -0.2) is 15.0 Å². The molecular formula is C20H17N3O2. The van der Waals surface area contributed by atoms with Gasteiger partial charge < -0.3 is 14.5 Å². The maximum Gasteiger partial charge on any atom is 0.226 e. The largest absolute Gasteiger partial charge is 0.473 e. The Hall–Kier alpha value is -3.34. The number of hydrogen-bond acceptors (Lipinski definition) is 4. The monoisotopic (exact) mass is 331 g/mol. The zero-order valence-electron chi connectivity index (χ0n) is 13.8. The van der Waals surface area contributed by atoms with Gasteiger partial charge in [-0.15, -0.1) is 0 Å². The van der Waals surface area contributed by atoms with E-state index in [1.807, 2.05) is 67.7 Å². The molecule has 0 radical (unpaired) electrons. The number of fused-ring (bicyclic) bond motifs is 1. The highest BCUT2D eigenvalue weighted by Gasteiger charge is 2.07. The number of rotatable bonds is 5. The molecule has 0 saturated carbocycles. The summed E-state index contributed by atoms with van der Waals surface area (Å²) in [7, 11) is 0. The van der Waals surface area contributed by atoms with Crippen LogP contribution in [-0.2, 0) is 6.61 Å². The fraction of sp³-hybridized carbons (Fsp3) is 0.100. The van der Waals surface area contributed by atoms with Gasteiger partial charge in [0.25, 0.3) is 0 Å². The van der Waals surface area contributed by atoms with Crippen molar-refractivity contribution in [1.82, 2.24) is 15.0 Å². The van der Waals surface area contributed by atoms with Gasteiger partial charge in [-0.2, -0.15) is 9.97 Å². The molecule has 0 saturated heterocycles. The second-order valence-corrected chi connectivity index (χ2v) is 5.69. The van der Waals surface area contributed by atoms with Crippen molar-refractivity contribution in [2.45, 2.75) is 13.5 Å². The van der Waals surface area contributed by atoms with E-state index in [2.05, 4.69) is 15.0 Å². The van der Waals surface area contributed by atoms with Gasteiger partial charge in [0.05, 0.1) is 6.07 Å². The van der Waals surface area contributed by atoms with Gasteiger partial charge in [-0.3, -0.25) is 0 Å². The molecule has 0 unspecified atom stereocenters. The molecule has 2 aromatic heterocycles. The maximum atomic E-state index is 5.88. The van der Waals surface area contributed by atoms with Crippen molar-refractivity contribution in [3.8, 4) is 17.5 Å². The summed E-state index contributed by atoms with van der Waals surface area (Å²) in [4.78, 5) is 11.8. The first-order valence-electron chi connectivity index (χ1n) is 8.04. The Morgan fingerprint density at radius 2 is 1.76 bits per heavy atom. The normalized spacial score (nSPS) is 10.8.